The Hall–Kier alpha value is -3.22. The van der Waals surface area contributed by atoms with Crippen molar-refractivity contribution < 1.29 is 24.1 Å². The van der Waals surface area contributed by atoms with E-state index < -0.39 is 5.91 Å². The second-order valence-electron chi connectivity index (χ2n) is 4.89. The summed E-state index contributed by atoms with van der Waals surface area (Å²) in [6.45, 7) is 2.41. The highest BCUT2D eigenvalue weighted by Crippen LogP contribution is 2.32. The maximum absolute atomic E-state index is 12.1. The largest absolute Gasteiger partial charge is 0.504 e. The number of nitrogens with one attached hydrogen (secondary N) is 1. The van der Waals surface area contributed by atoms with Crippen molar-refractivity contribution in [2.75, 3.05) is 13.4 Å². The van der Waals surface area contributed by atoms with Crippen LogP contribution in [-0.4, -0.2) is 30.6 Å². The molecular formula is C17H16N2O5. The minimum atomic E-state index is -0.398. The summed E-state index contributed by atoms with van der Waals surface area (Å²) in [5.74, 6) is 1.07. The first kappa shape index (κ1) is 15.7. The zero-order valence-corrected chi connectivity index (χ0v) is 13.0. The number of phenols is 1. The van der Waals surface area contributed by atoms with E-state index >= 15 is 0 Å². The fourth-order valence-electron chi connectivity index (χ4n) is 2.18. The van der Waals surface area contributed by atoms with Crippen LogP contribution in [0.5, 0.6) is 23.0 Å². The third-order valence-electron chi connectivity index (χ3n) is 3.33. The normalized spacial score (nSPS) is 12.4. The first-order chi connectivity index (χ1) is 11.7. The van der Waals surface area contributed by atoms with Gasteiger partial charge in [-0.1, -0.05) is 6.07 Å². The third kappa shape index (κ3) is 3.24. The lowest BCUT2D eigenvalue weighted by molar-refractivity contribution is 0.0954. The number of amides is 1. The predicted octanol–water partition coefficient (Wildman–Crippen LogP) is 2.28. The summed E-state index contributed by atoms with van der Waals surface area (Å²) >= 11 is 0. The van der Waals surface area contributed by atoms with E-state index in [0.717, 1.165) is 0 Å². The van der Waals surface area contributed by atoms with Gasteiger partial charge in [0.05, 0.1) is 12.8 Å². The van der Waals surface area contributed by atoms with E-state index in [0.29, 0.717) is 35.0 Å². The Morgan fingerprint density at radius 1 is 1.33 bits per heavy atom. The standard InChI is InChI=1S/C17H16N2O5/c1-2-22-14-5-3-4-12(16(14)20)9-18-19-17(21)11-6-7-13-15(8-11)24-10-23-13/h3-9,20H,2,10H2,1H3,(H,19,21)/b18-9-. The number of rotatable bonds is 5. The summed E-state index contributed by atoms with van der Waals surface area (Å²) in [6, 6.07) is 9.91. The van der Waals surface area contributed by atoms with Gasteiger partial charge in [0.1, 0.15) is 0 Å². The average Bonchev–Trinajstić information content (AvgIpc) is 3.06. The molecule has 3 rings (SSSR count). The average molecular weight is 328 g/mol. The van der Waals surface area contributed by atoms with Crippen molar-refractivity contribution in [2.24, 2.45) is 5.10 Å². The Kier molecular flexibility index (Phi) is 4.51. The van der Waals surface area contributed by atoms with Crippen LogP contribution in [-0.2, 0) is 0 Å². The molecule has 1 aliphatic heterocycles. The molecule has 0 radical (unpaired) electrons. The lowest BCUT2D eigenvalue weighted by Gasteiger charge is -2.07. The number of hydrazone groups is 1. The summed E-state index contributed by atoms with van der Waals surface area (Å²) in [5.41, 5.74) is 3.23. The van der Waals surface area contributed by atoms with Crippen molar-refractivity contribution in [3.05, 3.63) is 47.5 Å². The molecule has 0 spiro atoms. The van der Waals surface area contributed by atoms with Crippen molar-refractivity contribution in [3.63, 3.8) is 0 Å². The number of phenolic OH excluding ortho intramolecular Hbond substituents is 1. The van der Waals surface area contributed by atoms with E-state index in [-0.39, 0.29) is 12.5 Å². The molecule has 24 heavy (non-hydrogen) atoms. The molecule has 0 atom stereocenters. The molecule has 2 N–H and O–H groups in total. The highest BCUT2D eigenvalue weighted by molar-refractivity contribution is 5.95. The summed E-state index contributed by atoms with van der Waals surface area (Å²) in [4.78, 5) is 12.1. The second kappa shape index (κ2) is 6.91. The summed E-state index contributed by atoms with van der Waals surface area (Å²) in [7, 11) is 0. The summed E-state index contributed by atoms with van der Waals surface area (Å²) < 4.78 is 15.7. The molecule has 1 heterocycles. The molecule has 0 saturated heterocycles. The van der Waals surface area contributed by atoms with Gasteiger partial charge < -0.3 is 19.3 Å². The number of fused-ring (bicyclic) bond motifs is 1. The van der Waals surface area contributed by atoms with Crippen LogP contribution in [0.1, 0.15) is 22.8 Å². The molecule has 0 saturated carbocycles. The molecule has 0 unspecified atom stereocenters. The predicted molar refractivity (Wildman–Crippen MR) is 86.9 cm³/mol. The Bertz CT molecular complexity index is 789. The highest BCUT2D eigenvalue weighted by atomic mass is 16.7. The smallest absolute Gasteiger partial charge is 0.271 e. The number of aromatic hydroxyl groups is 1. The van der Waals surface area contributed by atoms with Gasteiger partial charge in [-0.25, -0.2) is 5.43 Å². The third-order valence-corrected chi connectivity index (χ3v) is 3.33. The van der Waals surface area contributed by atoms with Gasteiger partial charge in [-0.05, 0) is 37.3 Å². The van der Waals surface area contributed by atoms with Gasteiger partial charge in [0.15, 0.2) is 23.0 Å². The van der Waals surface area contributed by atoms with Gasteiger partial charge in [0.2, 0.25) is 6.79 Å². The van der Waals surface area contributed by atoms with Crippen LogP contribution >= 0.6 is 0 Å². The molecule has 2 aromatic rings. The minimum absolute atomic E-state index is 0.0274. The van der Waals surface area contributed by atoms with Gasteiger partial charge in [-0.2, -0.15) is 5.10 Å². The fourth-order valence-corrected chi connectivity index (χ4v) is 2.18. The van der Waals surface area contributed by atoms with Gasteiger partial charge in [0, 0.05) is 11.1 Å². The van der Waals surface area contributed by atoms with Crippen LogP contribution in [0.3, 0.4) is 0 Å². The molecule has 1 aliphatic rings. The Morgan fingerprint density at radius 3 is 3.00 bits per heavy atom. The van der Waals surface area contributed by atoms with E-state index in [1.807, 2.05) is 6.92 Å². The summed E-state index contributed by atoms with van der Waals surface area (Å²) in [6.07, 6.45) is 1.35. The molecule has 0 fully saturated rings. The van der Waals surface area contributed by atoms with Gasteiger partial charge in [-0.3, -0.25) is 4.79 Å². The van der Waals surface area contributed by atoms with Gasteiger partial charge >= 0.3 is 0 Å². The van der Waals surface area contributed by atoms with Crippen molar-refractivity contribution >= 4 is 12.1 Å². The maximum Gasteiger partial charge on any atom is 0.271 e. The Balaban J connectivity index is 1.68. The quantitative estimate of drug-likeness (QED) is 0.649. The van der Waals surface area contributed by atoms with E-state index in [9.17, 15) is 9.90 Å². The molecule has 1 amide bonds. The monoisotopic (exact) mass is 328 g/mol. The zero-order valence-electron chi connectivity index (χ0n) is 13.0. The minimum Gasteiger partial charge on any atom is -0.504 e. The van der Waals surface area contributed by atoms with E-state index in [1.165, 1.54) is 6.21 Å². The van der Waals surface area contributed by atoms with E-state index in [4.69, 9.17) is 14.2 Å². The van der Waals surface area contributed by atoms with Crippen molar-refractivity contribution in [2.45, 2.75) is 6.92 Å². The number of nitrogens with zero attached hydrogens (tertiary/aromatic N) is 1. The van der Waals surface area contributed by atoms with Crippen LogP contribution in [0, 0.1) is 0 Å². The lowest BCUT2D eigenvalue weighted by atomic mass is 10.2. The number of carbonyl (C=O) groups excluding carboxylic acids is 1. The van der Waals surface area contributed by atoms with Crippen molar-refractivity contribution in [1.82, 2.24) is 5.43 Å². The number of para-hydroxylation sites is 1. The van der Waals surface area contributed by atoms with E-state index in [1.54, 1.807) is 36.4 Å². The number of carbonyl (C=O) groups is 1. The fraction of sp³-hybridized carbons (Fsp3) is 0.176. The first-order valence-corrected chi connectivity index (χ1v) is 7.37. The number of benzene rings is 2. The molecule has 2 aromatic carbocycles. The van der Waals surface area contributed by atoms with Crippen LogP contribution in [0.25, 0.3) is 0 Å². The van der Waals surface area contributed by atoms with Crippen LogP contribution in [0.4, 0.5) is 0 Å². The molecule has 7 heteroatoms. The second-order valence-corrected chi connectivity index (χ2v) is 4.89. The molecule has 124 valence electrons. The Labute approximate surface area is 138 Å². The molecule has 0 aliphatic carbocycles. The maximum atomic E-state index is 12.1. The van der Waals surface area contributed by atoms with Crippen molar-refractivity contribution in [1.29, 1.82) is 0 Å². The zero-order chi connectivity index (χ0) is 16.9. The molecule has 7 nitrogen and oxygen atoms in total. The van der Waals surface area contributed by atoms with Crippen LogP contribution in [0.15, 0.2) is 41.5 Å². The molecule has 0 aromatic heterocycles. The lowest BCUT2D eigenvalue weighted by Crippen LogP contribution is -2.17. The van der Waals surface area contributed by atoms with Crippen molar-refractivity contribution in [3.8, 4) is 23.0 Å². The topological polar surface area (TPSA) is 89.4 Å². The molecule has 0 bridgehead atoms. The van der Waals surface area contributed by atoms with E-state index in [2.05, 4.69) is 10.5 Å². The van der Waals surface area contributed by atoms with Crippen LogP contribution < -0.4 is 19.6 Å². The van der Waals surface area contributed by atoms with Gasteiger partial charge in [0.25, 0.3) is 5.91 Å². The number of hydrogen-bond acceptors (Lipinski definition) is 6. The number of hydrogen-bond donors (Lipinski definition) is 2. The first-order valence-electron chi connectivity index (χ1n) is 7.37. The number of ether oxygens (including phenoxy) is 3. The SMILES string of the molecule is CCOc1cccc(/C=N\NC(=O)c2ccc3c(c2)OCO3)c1O. The highest BCUT2D eigenvalue weighted by Gasteiger charge is 2.15. The summed E-state index contributed by atoms with van der Waals surface area (Å²) in [5, 5.41) is 13.9. The molecular weight excluding hydrogens is 312 g/mol. The van der Waals surface area contributed by atoms with Gasteiger partial charge in [-0.15, -0.1) is 0 Å². The van der Waals surface area contributed by atoms with Crippen LogP contribution in [0.2, 0.25) is 0 Å². The Morgan fingerprint density at radius 2 is 2.17 bits per heavy atom.